The number of benzene rings is 1. The molecular formula is C27H27N7O. The van der Waals surface area contributed by atoms with E-state index in [0.29, 0.717) is 43.1 Å². The van der Waals surface area contributed by atoms with Gasteiger partial charge < -0.3 is 9.80 Å². The van der Waals surface area contributed by atoms with E-state index in [1.54, 1.807) is 24.5 Å². The van der Waals surface area contributed by atoms with Gasteiger partial charge in [0.2, 0.25) is 0 Å². The van der Waals surface area contributed by atoms with E-state index in [1.165, 1.54) is 0 Å². The molecule has 35 heavy (non-hydrogen) atoms. The van der Waals surface area contributed by atoms with Gasteiger partial charge in [0.25, 0.3) is 5.91 Å². The molecule has 0 N–H and O–H groups in total. The van der Waals surface area contributed by atoms with Crippen LogP contribution < -0.4 is 4.90 Å². The van der Waals surface area contributed by atoms with Gasteiger partial charge in [-0.3, -0.25) is 4.79 Å². The number of aryl methyl sites for hydroxylation is 1. The number of piperazine rings is 1. The van der Waals surface area contributed by atoms with Crippen LogP contribution in [0.5, 0.6) is 0 Å². The Kier molecular flexibility index (Phi) is 5.91. The predicted octanol–water partition coefficient (Wildman–Crippen LogP) is 4.22. The third-order valence-electron chi connectivity index (χ3n) is 6.48. The summed E-state index contributed by atoms with van der Waals surface area (Å²) in [5.74, 6) is 0.644. The number of hydrogen-bond acceptors (Lipinski definition) is 6. The number of aromatic nitrogens is 4. The molecule has 8 nitrogen and oxygen atoms in total. The second kappa shape index (κ2) is 9.18. The lowest BCUT2D eigenvalue weighted by Gasteiger charge is -2.35. The van der Waals surface area contributed by atoms with Crippen molar-refractivity contribution in [1.29, 1.82) is 5.26 Å². The van der Waals surface area contributed by atoms with Crippen molar-refractivity contribution in [2.24, 2.45) is 0 Å². The molecule has 8 heteroatoms. The highest BCUT2D eigenvalue weighted by atomic mass is 16.2. The molecule has 5 rings (SSSR count). The van der Waals surface area contributed by atoms with Gasteiger partial charge in [0.1, 0.15) is 11.9 Å². The summed E-state index contributed by atoms with van der Waals surface area (Å²) >= 11 is 0. The molecule has 176 valence electrons. The molecule has 0 bridgehead atoms. The summed E-state index contributed by atoms with van der Waals surface area (Å²) in [5.41, 5.74) is 4.76. The number of carbonyl (C=O) groups is 1. The first kappa shape index (κ1) is 22.5. The Morgan fingerprint density at radius 3 is 2.57 bits per heavy atom. The minimum Gasteiger partial charge on any atom is -0.352 e. The molecule has 1 aliphatic heterocycles. The molecular weight excluding hydrogens is 438 g/mol. The van der Waals surface area contributed by atoms with Gasteiger partial charge in [-0.1, -0.05) is 24.3 Å². The minimum absolute atomic E-state index is 0.0308. The van der Waals surface area contributed by atoms with Crippen molar-refractivity contribution in [2.45, 2.75) is 26.8 Å². The normalized spacial score (nSPS) is 13.9. The summed E-state index contributed by atoms with van der Waals surface area (Å²) in [6.45, 7) is 8.48. The molecule has 1 fully saturated rings. The Bertz CT molecular complexity index is 1440. The average molecular weight is 466 g/mol. The number of fused-ring (bicyclic) bond motifs is 1. The summed E-state index contributed by atoms with van der Waals surface area (Å²) in [7, 11) is 0. The molecule has 1 aromatic carbocycles. The molecule has 1 amide bonds. The quantitative estimate of drug-likeness (QED) is 0.448. The molecule has 0 atom stereocenters. The van der Waals surface area contributed by atoms with Crippen LogP contribution in [0.25, 0.3) is 22.3 Å². The number of hydrogen-bond donors (Lipinski definition) is 0. The van der Waals surface area contributed by atoms with E-state index >= 15 is 0 Å². The number of pyridine rings is 2. The number of anilines is 1. The smallest absolute Gasteiger partial charge is 0.254 e. The molecule has 0 radical (unpaired) electrons. The monoisotopic (exact) mass is 465 g/mol. The van der Waals surface area contributed by atoms with Gasteiger partial charge in [-0.05, 0) is 44.5 Å². The molecule has 0 spiro atoms. The van der Waals surface area contributed by atoms with Crippen LogP contribution >= 0.6 is 0 Å². The topological polar surface area (TPSA) is 90.9 Å². The fourth-order valence-corrected chi connectivity index (χ4v) is 4.60. The van der Waals surface area contributed by atoms with E-state index in [4.69, 9.17) is 4.98 Å². The van der Waals surface area contributed by atoms with Crippen molar-refractivity contribution in [3.05, 3.63) is 71.5 Å². The SMILES string of the molecule is Cc1ccccc1-c1cc(C(=O)N2CCN(c3ncccc3C#N)CC2)c2cnn(C(C)C)c2n1. The first-order valence-electron chi connectivity index (χ1n) is 11.8. The molecule has 3 aromatic heterocycles. The van der Waals surface area contributed by atoms with Gasteiger partial charge in [0.05, 0.1) is 28.4 Å². The van der Waals surface area contributed by atoms with Crippen molar-refractivity contribution in [3.63, 3.8) is 0 Å². The third-order valence-corrected chi connectivity index (χ3v) is 6.48. The van der Waals surface area contributed by atoms with Crippen LogP contribution in [-0.4, -0.2) is 56.7 Å². The Labute approximate surface area is 204 Å². The van der Waals surface area contributed by atoms with Crippen molar-refractivity contribution in [3.8, 4) is 17.3 Å². The number of carbonyl (C=O) groups excluding carboxylic acids is 1. The highest BCUT2D eigenvalue weighted by molar-refractivity contribution is 6.06. The highest BCUT2D eigenvalue weighted by Gasteiger charge is 2.27. The Hall–Kier alpha value is -4.25. The zero-order valence-electron chi connectivity index (χ0n) is 20.1. The zero-order chi connectivity index (χ0) is 24.5. The van der Waals surface area contributed by atoms with Gasteiger partial charge >= 0.3 is 0 Å². The molecule has 1 aliphatic rings. The lowest BCUT2D eigenvalue weighted by Crippen LogP contribution is -2.49. The van der Waals surface area contributed by atoms with E-state index in [0.717, 1.165) is 27.9 Å². The molecule has 0 unspecified atom stereocenters. The summed E-state index contributed by atoms with van der Waals surface area (Å²) in [5, 5.41) is 14.7. The second-order valence-electron chi connectivity index (χ2n) is 9.06. The maximum atomic E-state index is 13.8. The Balaban J connectivity index is 1.49. The minimum atomic E-state index is -0.0308. The van der Waals surface area contributed by atoms with Crippen molar-refractivity contribution in [2.75, 3.05) is 31.1 Å². The van der Waals surface area contributed by atoms with E-state index in [-0.39, 0.29) is 11.9 Å². The summed E-state index contributed by atoms with van der Waals surface area (Å²) in [6, 6.07) is 15.8. The lowest BCUT2D eigenvalue weighted by molar-refractivity contribution is 0.0748. The molecule has 0 aliphatic carbocycles. The largest absolute Gasteiger partial charge is 0.352 e. The summed E-state index contributed by atoms with van der Waals surface area (Å²) < 4.78 is 1.87. The van der Waals surface area contributed by atoms with Crippen LogP contribution in [0.2, 0.25) is 0 Å². The molecule has 1 saturated heterocycles. The van der Waals surface area contributed by atoms with E-state index in [2.05, 4.69) is 47.9 Å². The van der Waals surface area contributed by atoms with Gasteiger partial charge in [0.15, 0.2) is 5.65 Å². The van der Waals surface area contributed by atoms with Gasteiger partial charge in [-0.15, -0.1) is 0 Å². The van der Waals surface area contributed by atoms with Crippen LogP contribution in [0.1, 0.15) is 41.4 Å². The fourth-order valence-electron chi connectivity index (χ4n) is 4.60. The number of nitrogens with zero attached hydrogens (tertiary/aromatic N) is 7. The maximum Gasteiger partial charge on any atom is 0.254 e. The maximum absolute atomic E-state index is 13.8. The van der Waals surface area contributed by atoms with Gasteiger partial charge in [0, 0.05) is 44.0 Å². The van der Waals surface area contributed by atoms with Crippen molar-refractivity contribution < 1.29 is 4.79 Å². The Morgan fingerprint density at radius 2 is 1.86 bits per heavy atom. The predicted molar refractivity (Wildman–Crippen MR) is 135 cm³/mol. The molecule has 4 aromatic rings. The average Bonchev–Trinajstić information content (AvgIpc) is 3.32. The van der Waals surface area contributed by atoms with Crippen molar-refractivity contribution >= 4 is 22.8 Å². The highest BCUT2D eigenvalue weighted by Crippen LogP contribution is 2.29. The first-order valence-corrected chi connectivity index (χ1v) is 11.8. The number of rotatable bonds is 4. The van der Waals surface area contributed by atoms with E-state index in [9.17, 15) is 10.1 Å². The zero-order valence-corrected chi connectivity index (χ0v) is 20.1. The van der Waals surface area contributed by atoms with Crippen LogP contribution in [0, 0.1) is 18.3 Å². The van der Waals surface area contributed by atoms with E-state index in [1.807, 2.05) is 33.8 Å². The van der Waals surface area contributed by atoms with Crippen LogP contribution in [0.3, 0.4) is 0 Å². The van der Waals surface area contributed by atoms with E-state index < -0.39 is 0 Å². The standard InChI is InChI=1S/C27H27N7O/c1-18(2)34-26-23(17-30-34)22(15-24(31-26)21-9-5-4-7-19(21)3)27(35)33-13-11-32(12-14-33)25-20(16-28)8-6-10-29-25/h4-10,15,17-18H,11-14H2,1-3H3. The van der Waals surface area contributed by atoms with Crippen LogP contribution in [0.4, 0.5) is 5.82 Å². The van der Waals surface area contributed by atoms with Gasteiger partial charge in [-0.2, -0.15) is 10.4 Å². The van der Waals surface area contributed by atoms with Crippen LogP contribution in [-0.2, 0) is 0 Å². The lowest BCUT2D eigenvalue weighted by atomic mass is 10.0. The summed E-state index contributed by atoms with van der Waals surface area (Å²) in [6.07, 6.45) is 3.45. The fraction of sp³-hybridized carbons (Fsp3) is 0.296. The Morgan fingerprint density at radius 1 is 1.09 bits per heavy atom. The third kappa shape index (κ3) is 4.10. The molecule has 0 saturated carbocycles. The number of nitriles is 1. The van der Waals surface area contributed by atoms with Crippen molar-refractivity contribution in [1.82, 2.24) is 24.6 Å². The summed E-state index contributed by atoms with van der Waals surface area (Å²) in [4.78, 5) is 27.1. The van der Waals surface area contributed by atoms with Crippen LogP contribution in [0.15, 0.2) is 54.9 Å². The molecule has 4 heterocycles. The van der Waals surface area contributed by atoms with Gasteiger partial charge in [-0.25, -0.2) is 14.6 Å². The second-order valence-corrected chi connectivity index (χ2v) is 9.06. The number of amides is 1. The first-order chi connectivity index (χ1) is 17.0.